The fourth-order valence-corrected chi connectivity index (χ4v) is 1.19. The van der Waals surface area contributed by atoms with Gasteiger partial charge in [0.2, 0.25) is 0 Å². The van der Waals surface area contributed by atoms with Crippen LogP contribution in [0.5, 0.6) is 0 Å². The van der Waals surface area contributed by atoms with Gasteiger partial charge in [-0.1, -0.05) is 19.9 Å². The lowest BCUT2D eigenvalue weighted by Crippen LogP contribution is -2.16. The summed E-state index contributed by atoms with van der Waals surface area (Å²) in [5, 5.41) is 0. The second-order valence-electron chi connectivity index (χ2n) is 3.66. The van der Waals surface area contributed by atoms with E-state index in [2.05, 4.69) is 4.99 Å². The third kappa shape index (κ3) is 3.20. The molecule has 0 saturated carbocycles. The van der Waals surface area contributed by atoms with E-state index in [1.807, 2.05) is 49.9 Å². The minimum Gasteiger partial charge on any atom is -0.336 e. The van der Waals surface area contributed by atoms with E-state index >= 15 is 0 Å². The first kappa shape index (κ1) is 11.4. The molecule has 0 spiro atoms. The van der Waals surface area contributed by atoms with Gasteiger partial charge in [-0.25, -0.2) is 4.99 Å². The smallest absolute Gasteiger partial charge is 0.144 e. The van der Waals surface area contributed by atoms with E-state index in [0.29, 0.717) is 0 Å². The molecular formula is C12H16N2O. The van der Waals surface area contributed by atoms with Gasteiger partial charge in [0.25, 0.3) is 0 Å². The summed E-state index contributed by atoms with van der Waals surface area (Å²) in [6.45, 7) is 4.03. The first-order valence-electron chi connectivity index (χ1n) is 4.97. The molecule has 80 valence electrons. The molecule has 0 unspecified atom stereocenters. The lowest BCUT2D eigenvalue weighted by Gasteiger charge is -2.05. The molecule has 3 nitrogen and oxygen atoms in total. The molecule has 3 heteroatoms. The quantitative estimate of drug-likeness (QED) is 0.544. The van der Waals surface area contributed by atoms with E-state index < -0.39 is 0 Å². The monoisotopic (exact) mass is 204 g/mol. The van der Waals surface area contributed by atoms with Crippen LogP contribution in [0.15, 0.2) is 41.2 Å². The molecule has 15 heavy (non-hydrogen) atoms. The number of hydrogen-bond acceptors (Lipinski definition) is 2. The van der Waals surface area contributed by atoms with Crippen LogP contribution in [0.4, 0.5) is 0 Å². The van der Waals surface area contributed by atoms with Gasteiger partial charge < -0.3 is 4.57 Å². The number of pyridine rings is 1. The van der Waals surface area contributed by atoms with Crippen molar-refractivity contribution in [2.24, 2.45) is 18.0 Å². The third-order valence-corrected chi connectivity index (χ3v) is 2.10. The molecule has 1 aromatic heterocycles. The highest BCUT2D eigenvalue weighted by Crippen LogP contribution is 2.08. The van der Waals surface area contributed by atoms with Gasteiger partial charge in [0.05, 0.1) is 0 Å². The van der Waals surface area contributed by atoms with Crippen molar-refractivity contribution in [1.82, 2.24) is 4.57 Å². The average molecular weight is 204 g/mol. The first-order chi connectivity index (χ1) is 7.15. The Morgan fingerprint density at radius 1 is 1.47 bits per heavy atom. The summed E-state index contributed by atoms with van der Waals surface area (Å²) in [7, 11) is 1.93. The Morgan fingerprint density at radius 2 is 2.20 bits per heavy atom. The van der Waals surface area contributed by atoms with E-state index in [1.165, 1.54) is 6.08 Å². The number of rotatable bonds is 3. The van der Waals surface area contributed by atoms with Crippen molar-refractivity contribution in [3.8, 4) is 0 Å². The molecule has 0 fully saturated rings. The zero-order valence-corrected chi connectivity index (χ0v) is 9.34. The molecule has 0 aliphatic heterocycles. The summed E-state index contributed by atoms with van der Waals surface area (Å²) in [6.07, 6.45) is 4.22. The molecule has 0 radical (unpaired) electrons. The average Bonchev–Trinajstić information content (AvgIpc) is 2.20. The highest BCUT2D eigenvalue weighted by atomic mass is 16.1. The number of aromatic nitrogens is 1. The van der Waals surface area contributed by atoms with Crippen molar-refractivity contribution in [3.05, 3.63) is 41.7 Å². The molecule has 0 N–H and O–H groups in total. The van der Waals surface area contributed by atoms with Gasteiger partial charge in [-0.3, -0.25) is 4.79 Å². The Labute approximate surface area is 89.8 Å². The minimum absolute atomic E-state index is 0.246. The van der Waals surface area contributed by atoms with Crippen LogP contribution in [0.1, 0.15) is 13.8 Å². The maximum atomic E-state index is 10.5. The van der Waals surface area contributed by atoms with Crippen molar-refractivity contribution in [1.29, 1.82) is 0 Å². The summed E-state index contributed by atoms with van der Waals surface area (Å²) in [5.74, 6) is 0.246. The highest BCUT2D eigenvalue weighted by Gasteiger charge is 2.00. The lowest BCUT2D eigenvalue weighted by molar-refractivity contribution is -0.104. The number of aryl methyl sites for hydroxylation is 1. The zero-order chi connectivity index (χ0) is 11.3. The Kier molecular flexibility index (Phi) is 4.03. The topological polar surface area (TPSA) is 34.4 Å². The van der Waals surface area contributed by atoms with E-state index in [-0.39, 0.29) is 5.92 Å². The molecule has 0 saturated heterocycles. The number of carbonyl (C=O) groups excluding carboxylic acids is 1. The normalized spacial score (nSPS) is 13.3. The van der Waals surface area contributed by atoms with Gasteiger partial charge >= 0.3 is 0 Å². The van der Waals surface area contributed by atoms with Gasteiger partial charge in [0, 0.05) is 18.9 Å². The number of nitrogens with zero attached hydrogens (tertiary/aromatic N) is 2. The summed E-state index contributed by atoms with van der Waals surface area (Å²) in [5.41, 5.74) is 1.64. The molecule has 1 heterocycles. The van der Waals surface area contributed by atoms with Crippen LogP contribution < -0.4 is 5.49 Å². The van der Waals surface area contributed by atoms with Crippen molar-refractivity contribution >= 4 is 6.29 Å². The Bertz CT molecular complexity index is 427. The standard InChI is InChI=1S/C12H16N2O/c1-10(2)11(7-9-15)13-12-6-4-5-8-14(12)3/h4-10H,1-3H3/b11-7-,13-12?. The Balaban J connectivity index is 3.20. The van der Waals surface area contributed by atoms with E-state index in [4.69, 9.17) is 0 Å². The van der Waals surface area contributed by atoms with Gasteiger partial charge in [0.15, 0.2) is 0 Å². The molecule has 1 rings (SSSR count). The van der Waals surface area contributed by atoms with Crippen LogP contribution in [0.2, 0.25) is 0 Å². The molecule has 0 bridgehead atoms. The minimum atomic E-state index is 0.246. The van der Waals surface area contributed by atoms with E-state index in [1.54, 1.807) is 0 Å². The van der Waals surface area contributed by atoms with Gasteiger partial charge in [-0.2, -0.15) is 0 Å². The molecule has 1 aromatic rings. The van der Waals surface area contributed by atoms with Crippen molar-refractivity contribution < 1.29 is 4.79 Å². The van der Waals surface area contributed by atoms with Gasteiger partial charge in [0.1, 0.15) is 11.8 Å². The van der Waals surface area contributed by atoms with Crippen LogP contribution >= 0.6 is 0 Å². The SMILES string of the molecule is CC(C)/C(=C/C=O)N=c1ccccn1C. The second-order valence-corrected chi connectivity index (χ2v) is 3.66. The number of carbonyl (C=O) groups is 1. The van der Waals surface area contributed by atoms with Crippen LogP contribution in [-0.4, -0.2) is 10.9 Å². The summed E-state index contributed by atoms with van der Waals surface area (Å²) < 4.78 is 1.92. The second kappa shape index (κ2) is 5.29. The van der Waals surface area contributed by atoms with Gasteiger partial charge in [-0.05, 0) is 24.1 Å². The van der Waals surface area contributed by atoms with Gasteiger partial charge in [-0.15, -0.1) is 0 Å². The molecule has 0 aliphatic carbocycles. The molecular weight excluding hydrogens is 188 g/mol. The lowest BCUT2D eigenvalue weighted by atomic mass is 10.1. The fourth-order valence-electron chi connectivity index (χ4n) is 1.19. The van der Waals surface area contributed by atoms with Crippen molar-refractivity contribution in [3.63, 3.8) is 0 Å². The first-order valence-corrected chi connectivity index (χ1v) is 4.97. The van der Waals surface area contributed by atoms with Crippen LogP contribution in [0.3, 0.4) is 0 Å². The highest BCUT2D eigenvalue weighted by molar-refractivity contribution is 5.66. The third-order valence-electron chi connectivity index (χ3n) is 2.10. The van der Waals surface area contributed by atoms with Crippen LogP contribution in [0, 0.1) is 5.92 Å². The van der Waals surface area contributed by atoms with Crippen molar-refractivity contribution in [2.45, 2.75) is 13.8 Å². The maximum absolute atomic E-state index is 10.5. The van der Waals surface area contributed by atoms with Crippen LogP contribution in [0.25, 0.3) is 0 Å². The van der Waals surface area contributed by atoms with E-state index in [0.717, 1.165) is 17.5 Å². The van der Waals surface area contributed by atoms with Crippen molar-refractivity contribution in [2.75, 3.05) is 0 Å². The Morgan fingerprint density at radius 3 is 2.73 bits per heavy atom. The largest absolute Gasteiger partial charge is 0.336 e. The predicted molar refractivity (Wildman–Crippen MR) is 60.0 cm³/mol. The number of allylic oxidation sites excluding steroid dienone is 2. The predicted octanol–water partition coefficient (Wildman–Crippen LogP) is 1.66. The molecule has 0 amide bonds. The van der Waals surface area contributed by atoms with Crippen LogP contribution in [-0.2, 0) is 11.8 Å². The maximum Gasteiger partial charge on any atom is 0.144 e. The number of aldehydes is 1. The van der Waals surface area contributed by atoms with E-state index in [9.17, 15) is 4.79 Å². The Hall–Kier alpha value is -1.64. The molecule has 0 aliphatic rings. The number of hydrogen-bond donors (Lipinski definition) is 0. The summed E-state index contributed by atoms with van der Waals surface area (Å²) >= 11 is 0. The fraction of sp³-hybridized carbons (Fsp3) is 0.333. The molecule has 0 atom stereocenters. The zero-order valence-electron chi connectivity index (χ0n) is 9.34. The summed E-state index contributed by atoms with van der Waals surface area (Å²) in [4.78, 5) is 14.9. The summed E-state index contributed by atoms with van der Waals surface area (Å²) in [6, 6.07) is 5.79. The molecule has 0 aromatic carbocycles.